The van der Waals surface area contributed by atoms with E-state index in [0.717, 1.165) is 11.3 Å². The van der Waals surface area contributed by atoms with E-state index in [0.29, 0.717) is 24.9 Å². The maximum atomic E-state index is 13.7. The van der Waals surface area contributed by atoms with Crippen LogP contribution < -0.4 is 5.32 Å². The molecule has 1 N–H and O–H groups in total. The number of amides is 1. The third-order valence-electron chi connectivity index (χ3n) is 7.10. The van der Waals surface area contributed by atoms with Gasteiger partial charge in [0, 0.05) is 44.9 Å². The van der Waals surface area contributed by atoms with Crippen molar-refractivity contribution >= 4 is 27.0 Å². The number of morpholine rings is 1. The predicted molar refractivity (Wildman–Crippen MR) is 133 cm³/mol. The number of carbonyl (C=O) groups excluding carboxylic acids is 1. The Labute approximate surface area is 211 Å². The summed E-state index contributed by atoms with van der Waals surface area (Å²) >= 11 is 0. The number of nitrogens with one attached hydrogen (secondary N) is 1. The largest absolute Gasteiger partial charge is 0.375 e. The summed E-state index contributed by atoms with van der Waals surface area (Å²) in [6, 6.07) is 4.94. The Balaban J connectivity index is 1.62. The van der Waals surface area contributed by atoms with Gasteiger partial charge in [0.25, 0.3) is 0 Å². The predicted octanol–water partition coefficient (Wildman–Crippen LogP) is 3.68. The minimum absolute atomic E-state index is 0.0913. The quantitative estimate of drug-likeness (QED) is 0.620. The first kappa shape index (κ1) is 26.9. The fourth-order valence-corrected chi connectivity index (χ4v) is 6.54. The molecule has 36 heavy (non-hydrogen) atoms. The minimum Gasteiger partial charge on any atom is -0.375 e. The second-order valence-corrected chi connectivity index (χ2v) is 12.9. The second-order valence-electron chi connectivity index (χ2n) is 11.0. The van der Waals surface area contributed by atoms with Crippen LogP contribution in [0.4, 0.5) is 8.78 Å². The summed E-state index contributed by atoms with van der Waals surface area (Å²) in [6.07, 6.45) is 0.296. The van der Waals surface area contributed by atoms with Crippen molar-refractivity contribution in [2.75, 3.05) is 26.7 Å². The molecule has 2 aliphatic rings. The van der Waals surface area contributed by atoms with E-state index in [-0.39, 0.29) is 61.1 Å². The van der Waals surface area contributed by atoms with Gasteiger partial charge in [-0.3, -0.25) is 4.79 Å². The number of fused-ring (bicyclic) bond motifs is 1. The van der Waals surface area contributed by atoms with Crippen molar-refractivity contribution in [3.05, 3.63) is 24.0 Å². The van der Waals surface area contributed by atoms with E-state index < -0.39 is 22.0 Å². The number of benzene rings is 1. The van der Waals surface area contributed by atoms with E-state index in [1.165, 1.54) is 11.4 Å². The molecule has 1 saturated heterocycles. The zero-order valence-electron chi connectivity index (χ0n) is 21.4. The lowest BCUT2D eigenvalue weighted by atomic mass is 9.86. The van der Waals surface area contributed by atoms with E-state index in [1.54, 1.807) is 18.2 Å². The highest BCUT2D eigenvalue weighted by atomic mass is 32.2. The number of imidazole rings is 1. The maximum Gasteiger partial charge on any atom is 0.248 e. The maximum absolute atomic E-state index is 13.7. The lowest BCUT2D eigenvalue weighted by molar-refractivity contribution is -0.124. The number of hydrogen-bond donors (Lipinski definition) is 1. The van der Waals surface area contributed by atoms with Crippen molar-refractivity contribution in [1.82, 2.24) is 19.2 Å². The van der Waals surface area contributed by atoms with Crippen LogP contribution in [0.3, 0.4) is 0 Å². The fraction of sp³-hybridized carbons (Fsp3) is 0.680. The van der Waals surface area contributed by atoms with Crippen molar-refractivity contribution in [1.29, 1.82) is 0 Å². The van der Waals surface area contributed by atoms with Gasteiger partial charge in [0.2, 0.25) is 21.9 Å². The van der Waals surface area contributed by atoms with Crippen molar-refractivity contribution in [3.63, 3.8) is 0 Å². The topological polar surface area (TPSA) is 93.5 Å². The minimum atomic E-state index is -3.82. The standard InChI is InChI=1S/C25H36F2N4O4S/c1-24(2,3)23-29-20-14-19(36(33,34)30-11-12-35-18(16-30)13-22(32)28-4)5-6-21(20)31(23)15-17-7-9-25(26,27)10-8-17/h5-6,14,17-18H,7-13,15-16H2,1-4H3,(H,28,32)/t18-/m1/s1. The van der Waals surface area contributed by atoms with E-state index in [2.05, 4.69) is 9.88 Å². The molecule has 1 aromatic carbocycles. The first-order valence-electron chi connectivity index (χ1n) is 12.5. The molecule has 1 aliphatic heterocycles. The van der Waals surface area contributed by atoms with Crippen LogP contribution in [-0.4, -0.2) is 67.0 Å². The lowest BCUT2D eigenvalue weighted by Crippen LogP contribution is -2.46. The normalized spacial score (nSPS) is 22.1. The molecule has 0 spiro atoms. The summed E-state index contributed by atoms with van der Waals surface area (Å²) in [5, 5.41) is 2.54. The summed E-state index contributed by atoms with van der Waals surface area (Å²) in [7, 11) is -2.29. The Morgan fingerprint density at radius 3 is 2.58 bits per heavy atom. The molecule has 1 aliphatic carbocycles. The van der Waals surface area contributed by atoms with Crippen LogP contribution in [0.15, 0.2) is 23.1 Å². The monoisotopic (exact) mass is 526 g/mol. The Hall–Kier alpha value is -2.11. The Kier molecular flexibility index (Phi) is 7.47. The van der Waals surface area contributed by atoms with Crippen molar-refractivity contribution in [3.8, 4) is 0 Å². The second kappa shape index (κ2) is 9.98. The SMILES string of the molecule is CNC(=O)C[C@@H]1CN(S(=O)(=O)c2ccc3c(c2)nc(C(C)(C)C)n3CC2CCC(F)(F)CC2)CCO1. The number of hydrogen-bond acceptors (Lipinski definition) is 5. The van der Waals surface area contributed by atoms with Crippen LogP contribution in [0.1, 0.15) is 58.7 Å². The Bertz CT molecular complexity index is 1210. The first-order valence-corrected chi connectivity index (χ1v) is 13.9. The molecule has 2 aromatic rings. The molecule has 11 heteroatoms. The fourth-order valence-electron chi connectivity index (χ4n) is 5.06. The molecule has 0 bridgehead atoms. The molecule has 8 nitrogen and oxygen atoms in total. The summed E-state index contributed by atoms with van der Waals surface area (Å²) in [5.74, 6) is -1.86. The molecule has 1 aromatic heterocycles. The van der Waals surface area contributed by atoms with Gasteiger partial charge in [-0.05, 0) is 37.0 Å². The van der Waals surface area contributed by atoms with E-state index >= 15 is 0 Å². The van der Waals surface area contributed by atoms with Crippen molar-refractivity contribution < 1.29 is 26.7 Å². The van der Waals surface area contributed by atoms with Crippen LogP contribution in [0, 0.1) is 5.92 Å². The van der Waals surface area contributed by atoms with Crippen LogP contribution >= 0.6 is 0 Å². The molecule has 1 atom stereocenters. The molecular weight excluding hydrogens is 490 g/mol. The Morgan fingerprint density at radius 2 is 1.94 bits per heavy atom. The van der Waals surface area contributed by atoms with Gasteiger partial charge < -0.3 is 14.6 Å². The zero-order valence-corrected chi connectivity index (χ0v) is 22.2. The van der Waals surface area contributed by atoms with Gasteiger partial charge in [-0.15, -0.1) is 0 Å². The molecule has 2 fully saturated rings. The van der Waals surface area contributed by atoms with Gasteiger partial charge >= 0.3 is 0 Å². The number of rotatable bonds is 6. The number of halogens is 2. The average molecular weight is 527 g/mol. The smallest absolute Gasteiger partial charge is 0.248 e. The van der Waals surface area contributed by atoms with Gasteiger partial charge in [-0.2, -0.15) is 4.31 Å². The van der Waals surface area contributed by atoms with Crippen LogP contribution in [-0.2, 0) is 31.5 Å². The summed E-state index contributed by atoms with van der Waals surface area (Å²) < 4.78 is 63.3. The van der Waals surface area contributed by atoms with Crippen LogP contribution in [0.2, 0.25) is 0 Å². The van der Waals surface area contributed by atoms with Gasteiger partial charge in [0.15, 0.2) is 0 Å². The van der Waals surface area contributed by atoms with Gasteiger partial charge in [0.1, 0.15) is 5.82 Å². The molecular formula is C25H36F2N4O4S. The molecule has 0 radical (unpaired) electrons. The van der Waals surface area contributed by atoms with E-state index in [4.69, 9.17) is 9.72 Å². The molecule has 4 rings (SSSR count). The number of alkyl halides is 2. The highest BCUT2D eigenvalue weighted by Crippen LogP contribution is 2.38. The molecule has 200 valence electrons. The third-order valence-corrected chi connectivity index (χ3v) is 8.96. The van der Waals surface area contributed by atoms with E-state index in [1.807, 2.05) is 20.8 Å². The number of nitrogens with zero attached hydrogens (tertiary/aromatic N) is 3. The van der Waals surface area contributed by atoms with Crippen LogP contribution in [0.25, 0.3) is 11.0 Å². The van der Waals surface area contributed by atoms with Gasteiger partial charge in [0.05, 0.1) is 35.1 Å². The van der Waals surface area contributed by atoms with Gasteiger partial charge in [-0.25, -0.2) is 22.2 Å². The first-order chi connectivity index (χ1) is 16.8. The zero-order chi connectivity index (χ0) is 26.3. The van der Waals surface area contributed by atoms with Crippen LogP contribution in [0.5, 0.6) is 0 Å². The van der Waals surface area contributed by atoms with Gasteiger partial charge in [-0.1, -0.05) is 20.8 Å². The highest BCUT2D eigenvalue weighted by molar-refractivity contribution is 7.89. The van der Waals surface area contributed by atoms with Crippen molar-refractivity contribution in [2.45, 2.75) is 81.8 Å². The highest BCUT2D eigenvalue weighted by Gasteiger charge is 2.36. The molecule has 1 saturated carbocycles. The molecule has 0 unspecified atom stereocenters. The van der Waals surface area contributed by atoms with Crippen molar-refractivity contribution in [2.24, 2.45) is 5.92 Å². The average Bonchev–Trinajstić information content (AvgIpc) is 3.18. The third kappa shape index (κ3) is 5.73. The summed E-state index contributed by atoms with van der Waals surface area (Å²) in [5.41, 5.74) is 1.06. The number of ether oxygens (including phenoxy) is 1. The summed E-state index contributed by atoms with van der Waals surface area (Å²) in [4.78, 5) is 16.7. The molecule has 1 amide bonds. The molecule has 2 heterocycles. The number of sulfonamides is 1. The Morgan fingerprint density at radius 1 is 1.25 bits per heavy atom. The van der Waals surface area contributed by atoms with E-state index in [9.17, 15) is 22.0 Å². The number of carbonyl (C=O) groups is 1. The lowest BCUT2D eigenvalue weighted by Gasteiger charge is -2.31. The number of aromatic nitrogens is 2. The summed E-state index contributed by atoms with van der Waals surface area (Å²) in [6.45, 7) is 7.22.